The van der Waals surface area contributed by atoms with Gasteiger partial charge in [0.05, 0.1) is 19.6 Å². The van der Waals surface area contributed by atoms with Gasteiger partial charge in [0, 0.05) is 50.6 Å². The average molecular weight is 510 g/mol. The molecule has 1 amide bonds. The predicted molar refractivity (Wildman–Crippen MR) is 123 cm³/mol. The quantitative estimate of drug-likeness (QED) is 0.418. The number of fused-ring (bicyclic) bond motifs is 2. The van der Waals surface area contributed by atoms with Gasteiger partial charge in [-0.1, -0.05) is 13.8 Å². The Morgan fingerprint density at radius 3 is 2.44 bits per heavy atom. The van der Waals surface area contributed by atoms with Crippen LogP contribution in [0, 0.1) is 23.7 Å². The van der Waals surface area contributed by atoms with Crippen molar-refractivity contribution in [3.63, 3.8) is 0 Å². The van der Waals surface area contributed by atoms with Crippen molar-refractivity contribution in [3.05, 3.63) is 0 Å². The number of rotatable bonds is 4. The van der Waals surface area contributed by atoms with Crippen molar-refractivity contribution in [1.29, 1.82) is 0 Å². The lowest BCUT2D eigenvalue weighted by atomic mass is 9.58. The van der Waals surface area contributed by atoms with Crippen LogP contribution >= 0.6 is 0 Å². The third-order valence-electron chi connectivity index (χ3n) is 9.58. The lowest BCUT2D eigenvalue weighted by molar-refractivity contribution is -0.576. The summed E-state index contributed by atoms with van der Waals surface area (Å²) in [5.41, 5.74) is -0.690. The van der Waals surface area contributed by atoms with Crippen molar-refractivity contribution >= 4 is 11.9 Å². The van der Waals surface area contributed by atoms with Gasteiger partial charge in [0.25, 0.3) is 0 Å². The van der Waals surface area contributed by atoms with Gasteiger partial charge in [-0.15, -0.1) is 0 Å². The Labute approximate surface area is 212 Å². The molecule has 6 saturated heterocycles. The van der Waals surface area contributed by atoms with E-state index < -0.39 is 35.7 Å². The lowest BCUT2D eigenvalue weighted by Gasteiger charge is -2.59. The van der Waals surface area contributed by atoms with E-state index in [0.29, 0.717) is 45.1 Å². The van der Waals surface area contributed by atoms with Crippen LogP contribution in [0.25, 0.3) is 0 Å². The van der Waals surface area contributed by atoms with E-state index in [4.69, 9.17) is 33.5 Å². The first-order valence-corrected chi connectivity index (χ1v) is 13.7. The molecule has 202 valence electrons. The highest BCUT2D eigenvalue weighted by atomic mass is 17.3. The molecule has 7 aliphatic rings. The minimum Gasteiger partial charge on any atom is -0.435 e. The molecule has 0 radical (unpaired) electrons. The van der Waals surface area contributed by atoms with Crippen LogP contribution in [-0.2, 0) is 43.0 Å². The highest BCUT2D eigenvalue weighted by Crippen LogP contribution is 2.60. The number of esters is 1. The van der Waals surface area contributed by atoms with Crippen LogP contribution in [0.1, 0.15) is 72.1 Å². The summed E-state index contributed by atoms with van der Waals surface area (Å²) in [6.45, 7) is 8.53. The number of amides is 1. The number of hydrogen-bond acceptors (Lipinski definition) is 9. The molecule has 7 rings (SSSR count). The summed E-state index contributed by atoms with van der Waals surface area (Å²) in [6, 6.07) is 0. The molecule has 7 fully saturated rings. The molecule has 0 N–H and O–H groups in total. The second kappa shape index (κ2) is 9.17. The number of carbonyl (C=O) groups excluding carboxylic acids is 2. The molecule has 2 spiro atoms. The molecule has 6 aliphatic heterocycles. The monoisotopic (exact) mass is 509 g/mol. The van der Waals surface area contributed by atoms with Crippen LogP contribution in [0.15, 0.2) is 0 Å². The molecule has 36 heavy (non-hydrogen) atoms. The number of hydrogen-bond donors (Lipinski definition) is 0. The van der Waals surface area contributed by atoms with Crippen LogP contribution in [-0.4, -0.2) is 72.8 Å². The van der Waals surface area contributed by atoms with E-state index in [0.717, 1.165) is 25.7 Å². The molecule has 1 aliphatic carbocycles. The SMILES string of the molecule is C[C@H]1[C@H](OC(=O)CCC(=O)N2CCC3(CC2)OCCO3)O[C@@H]2O[C@@]3(C)CC[C@@H]4[C@H](C)CC[C@H]1[C@@]24OO3. The molecule has 10 heteroatoms. The van der Waals surface area contributed by atoms with Crippen molar-refractivity contribution in [3.8, 4) is 0 Å². The van der Waals surface area contributed by atoms with Gasteiger partial charge in [0.15, 0.2) is 17.7 Å². The molecule has 1 saturated carbocycles. The first-order valence-electron chi connectivity index (χ1n) is 13.7. The zero-order valence-corrected chi connectivity index (χ0v) is 21.6. The summed E-state index contributed by atoms with van der Waals surface area (Å²) in [4.78, 5) is 39.3. The van der Waals surface area contributed by atoms with E-state index in [1.807, 2.05) is 13.8 Å². The molecule has 6 heterocycles. The Balaban J connectivity index is 1.06. The Kier molecular flexibility index (Phi) is 6.37. The normalized spacial score (nSPS) is 45.2. The molecule has 8 atom stereocenters. The van der Waals surface area contributed by atoms with Crippen LogP contribution in [0.5, 0.6) is 0 Å². The Hall–Kier alpha value is -1.30. The summed E-state index contributed by atoms with van der Waals surface area (Å²) in [5, 5.41) is 0. The zero-order valence-electron chi connectivity index (χ0n) is 21.6. The maximum atomic E-state index is 12.8. The fraction of sp³-hybridized carbons (Fsp3) is 0.923. The standard InChI is InChI=1S/C26H39NO9/c1-16-4-5-19-17(2)22(33-23-26(19)18(16)8-9-24(3,34-23)35-36-26)32-21(29)7-6-20(28)27-12-10-25(11-13-27)30-14-15-31-25/h16-19,22-23H,4-15H2,1-3H3/t16-,17-,18-,19-,22-,23-,24-,26-/m1/s1. The zero-order chi connectivity index (χ0) is 25.1. The first kappa shape index (κ1) is 25.0. The second-order valence-electron chi connectivity index (χ2n) is 11.8. The number of ether oxygens (including phenoxy) is 5. The molecule has 2 bridgehead atoms. The van der Waals surface area contributed by atoms with Crippen LogP contribution in [0.3, 0.4) is 0 Å². The summed E-state index contributed by atoms with van der Waals surface area (Å²) in [5.74, 6) is -1.17. The first-order chi connectivity index (χ1) is 17.2. The number of likely N-dealkylation sites (tertiary alicyclic amines) is 1. The van der Waals surface area contributed by atoms with E-state index in [-0.39, 0.29) is 36.5 Å². The van der Waals surface area contributed by atoms with Crippen molar-refractivity contribution in [2.75, 3.05) is 26.3 Å². The average Bonchev–Trinajstić information content (AvgIpc) is 3.19. The van der Waals surface area contributed by atoms with E-state index in [1.165, 1.54) is 0 Å². The van der Waals surface area contributed by atoms with Crippen molar-refractivity contribution in [1.82, 2.24) is 4.90 Å². The fourth-order valence-corrected chi connectivity index (χ4v) is 7.44. The third kappa shape index (κ3) is 4.08. The topological polar surface area (TPSA) is 102 Å². The van der Waals surface area contributed by atoms with E-state index in [2.05, 4.69) is 6.92 Å². The van der Waals surface area contributed by atoms with E-state index >= 15 is 0 Å². The number of carbonyl (C=O) groups is 2. The lowest BCUT2D eigenvalue weighted by Crippen LogP contribution is -2.70. The highest BCUT2D eigenvalue weighted by molar-refractivity contribution is 5.81. The van der Waals surface area contributed by atoms with Gasteiger partial charge in [-0.25, -0.2) is 9.78 Å². The summed E-state index contributed by atoms with van der Waals surface area (Å²) >= 11 is 0. The summed E-state index contributed by atoms with van der Waals surface area (Å²) in [6.07, 6.45) is 3.71. The van der Waals surface area contributed by atoms with Crippen LogP contribution < -0.4 is 0 Å². The highest BCUT2D eigenvalue weighted by Gasteiger charge is 2.69. The van der Waals surface area contributed by atoms with Gasteiger partial charge in [0.1, 0.15) is 0 Å². The van der Waals surface area contributed by atoms with Gasteiger partial charge < -0.3 is 28.6 Å². The molecule has 0 aromatic heterocycles. The van der Waals surface area contributed by atoms with Gasteiger partial charge in [-0.2, -0.15) is 0 Å². The maximum absolute atomic E-state index is 12.8. The van der Waals surface area contributed by atoms with Gasteiger partial charge >= 0.3 is 5.97 Å². The number of nitrogens with zero attached hydrogens (tertiary/aromatic N) is 1. The minimum atomic E-state index is -0.874. The molecule has 10 nitrogen and oxygen atoms in total. The largest absolute Gasteiger partial charge is 0.435 e. The van der Waals surface area contributed by atoms with Crippen LogP contribution in [0.2, 0.25) is 0 Å². The van der Waals surface area contributed by atoms with Crippen molar-refractivity contribution < 1.29 is 43.0 Å². The number of piperidine rings is 1. The van der Waals surface area contributed by atoms with E-state index in [9.17, 15) is 9.59 Å². The molecule has 0 aromatic carbocycles. The Bertz CT molecular complexity index is 867. The smallest absolute Gasteiger partial charge is 0.308 e. The fourth-order valence-electron chi connectivity index (χ4n) is 7.44. The predicted octanol–water partition coefficient (Wildman–Crippen LogP) is 2.88. The molecular formula is C26H39NO9. The molecule has 0 aromatic rings. The van der Waals surface area contributed by atoms with Crippen LogP contribution in [0.4, 0.5) is 0 Å². The molecular weight excluding hydrogens is 470 g/mol. The maximum Gasteiger partial charge on any atom is 0.308 e. The summed E-state index contributed by atoms with van der Waals surface area (Å²) in [7, 11) is 0. The van der Waals surface area contributed by atoms with E-state index in [1.54, 1.807) is 4.90 Å². The Morgan fingerprint density at radius 2 is 1.69 bits per heavy atom. The third-order valence-corrected chi connectivity index (χ3v) is 9.58. The van der Waals surface area contributed by atoms with Crippen molar-refractivity contribution in [2.24, 2.45) is 23.7 Å². The second-order valence-corrected chi connectivity index (χ2v) is 11.8. The van der Waals surface area contributed by atoms with Crippen molar-refractivity contribution in [2.45, 2.75) is 102 Å². The van der Waals surface area contributed by atoms with Gasteiger partial charge in [-0.3, -0.25) is 9.59 Å². The van der Waals surface area contributed by atoms with Gasteiger partial charge in [0.2, 0.25) is 18.0 Å². The molecule has 0 unspecified atom stereocenters. The minimum absolute atomic E-state index is 0.0123. The summed E-state index contributed by atoms with van der Waals surface area (Å²) < 4.78 is 29.9. The Morgan fingerprint density at radius 1 is 0.944 bits per heavy atom. The van der Waals surface area contributed by atoms with Gasteiger partial charge in [-0.05, 0) is 38.0 Å².